The van der Waals surface area contributed by atoms with Gasteiger partial charge in [0.2, 0.25) is 5.91 Å². The van der Waals surface area contributed by atoms with E-state index in [4.69, 9.17) is 4.74 Å². The predicted octanol–water partition coefficient (Wildman–Crippen LogP) is 4.37. The molecule has 0 spiro atoms. The fourth-order valence-electron chi connectivity index (χ4n) is 2.75. The molecule has 1 amide bonds. The number of hydrogen-bond acceptors (Lipinski definition) is 4. The van der Waals surface area contributed by atoms with Crippen LogP contribution in [0, 0.1) is 16.0 Å². The minimum atomic E-state index is -0.502. The van der Waals surface area contributed by atoms with Crippen LogP contribution in [-0.4, -0.2) is 17.9 Å². The Morgan fingerprint density at radius 1 is 1.24 bits per heavy atom. The van der Waals surface area contributed by atoms with Gasteiger partial charge in [-0.2, -0.15) is 0 Å². The van der Waals surface area contributed by atoms with Gasteiger partial charge in [-0.05, 0) is 17.5 Å². The first-order valence-electron chi connectivity index (χ1n) is 8.16. The third-order valence-electron chi connectivity index (χ3n) is 4.31. The van der Waals surface area contributed by atoms with E-state index in [0.29, 0.717) is 11.4 Å². The molecule has 25 heavy (non-hydrogen) atoms. The Kier molecular flexibility index (Phi) is 6.11. The number of nitro groups is 1. The molecular formula is C19H22N2O4. The molecule has 0 aliphatic heterocycles. The fraction of sp³-hybridized carbons (Fsp3) is 0.316. The highest BCUT2D eigenvalue weighted by atomic mass is 16.6. The van der Waals surface area contributed by atoms with Crippen LogP contribution < -0.4 is 10.1 Å². The Balaban J connectivity index is 2.35. The summed E-state index contributed by atoms with van der Waals surface area (Å²) in [5, 5.41) is 13.8. The summed E-state index contributed by atoms with van der Waals surface area (Å²) in [7, 11) is 1.46. The second-order valence-corrected chi connectivity index (χ2v) is 5.90. The molecule has 0 saturated heterocycles. The van der Waals surface area contributed by atoms with E-state index < -0.39 is 4.92 Å². The molecule has 0 aliphatic carbocycles. The molecule has 6 nitrogen and oxygen atoms in total. The molecule has 0 aliphatic rings. The quantitative estimate of drug-likeness (QED) is 0.598. The lowest BCUT2D eigenvalue weighted by atomic mass is 9.85. The van der Waals surface area contributed by atoms with Gasteiger partial charge in [-0.1, -0.05) is 50.6 Å². The first-order valence-corrected chi connectivity index (χ1v) is 8.16. The van der Waals surface area contributed by atoms with Crippen LogP contribution in [0.25, 0.3) is 0 Å². The van der Waals surface area contributed by atoms with Crippen molar-refractivity contribution in [2.24, 2.45) is 5.92 Å². The SMILES string of the molecule is CC[C@@H](C)[C@H](C(=O)Nc1cc([N+](=O)[O-])ccc1OC)c1ccccc1. The van der Waals surface area contributed by atoms with Gasteiger partial charge in [0, 0.05) is 12.1 Å². The largest absolute Gasteiger partial charge is 0.495 e. The van der Waals surface area contributed by atoms with Crippen LogP contribution in [0.1, 0.15) is 31.7 Å². The number of amides is 1. The Hall–Kier alpha value is -2.89. The van der Waals surface area contributed by atoms with Crippen LogP contribution in [0.5, 0.6) is 5.75 Å². The van der Waals surface area contributed by atoms with E-state index in [1.807, 2.05) is 44.2 Å². The van der Waals surface area contributed by atoms with Crippen LogP contribution in [0.4, 0.5) is 11.4 Å². The third kappa shape index (κ3) is 4.35. The van der Waals surface area contributed by atoms with Gasteiger partial charge in [0.05, 0.1) is 23.6 Å². The number of hydrogen-bond donors (Lipinski definition) is 1. The zero-order valence-electron chi connectivity index (χ0n) is 14.6. The molecule has 0 unspecified atom stereocenters. The molecular weight excluding hydrogens is 320 g/mol. The van der Waals surface area contributed by atoms with Crippen LogP contribution in [0.15, 0.2) is 48.5 Å². The maximum absolute atomic E-state index is 12.9. The van der Waals surface area contributed by atoms with Gasteiger partial charge in [-0.3, -0.25) is 14.9 Å². The van der Waals surface area contributed by atoms with Crippen molar-refractivity contribution in [3.63, 3.8) is 0 Å². The summed E-state index contributed by atoms with van der Waals surface area (Å²) in [4.78, 5) is 23.4. The number of carbonyl (C=O) groups is 1. The molecule has 6 heteroatoms. The average molecular weight is 342 g/mol. The number of anilines is 1. The van der Waals surface area contributed by atoms with Crippen molar-refractivity contribution in [1.82, 2.24) is 0 Å². The number of rotatable bonds is 7. The summed E-state index contributed by atoms with van der Waals surface area (Å²) in [6.45, 7) is 4.05. The van der Waals surface area contributed by atoms with Gasteiger partial charge in [-0.15, -0.1) is 0 Å². The smallest absolute Gasteiger partial charge is 0.271 e. The molecule has 2 aromatic rings. The number of nitrogens with one attached hydrogen (secondary N) is 1. The standard InChI is InChI=1S/C19H22N2O4/c1-4-13(2)18(14-8-6-5-7-9-14)19(22)20-16-12-15(21(23)24)10-11-17(16)25-3/h5-13,18H,4H2,1-3H3,(H,20,22)/t13-,18+/m1/s1. The first kappa shape index (κ1) is 18.4. The lowest BCUT2D eigenvalue weighted by Crippen LogP contribution is -2.26. The van der Waals surface area contributed by atoms with Crippen LogP contribution in [0.3, 0.4) is 0 Å². The van der Waals surface area contributed by atoms with E-state index in [9.17, 15) is 14.9 Å². The van der Waals surface area contributed by atoms with E-state index in [1.165, 1.54) is 25.3 Å². The fourth-order valence-corrected chi connectivity index (χ4v) is 2.75. The van der Waals surface area contributed by atoms with E-state index >= 15 is 0 Å². The normalized spacial score (nSPS) is 12.9. The Bertz CT molecular complexity index is 746. The van der Waals surface area contributed by atoms with Crippen molar-refractivity contribution < 1.29 is 14.5 Å². The highest BCUT2D eigenvalue weighted by molar-refractivity contribution is 5.97. The summed E-state index contributed by atoms with van der Waals surface area (Å²) >= 11 is 0. The summed E-state index contributed by atoms with van der Waals surface area (Å²) in [5.74, 6) is -0.0588. The summed E-state index contributed by atoms with van der Waals surface area (Å²) < 4.78 is 5.22. The van der Waals surface area contributed by atoms with Crippen molar-refractivity contribution >= 4 is 17.3 Å². The number of methoxy groups -OCH3 is 1. The molecule has 0 bridgehead atoms. The second kappa shape index (κ2) is 8.28. The van der Waals surface area contributed by atoms with Gasteiger partial charge in [-0.25, -0.2) is 0 Å². The first-order chi connectivity index (χ1) is 12.0. The number of ether oxygens (including phenoxy) is 1. The second-order valence-electron chi connectivity index (χ2n) is 5.90. The minimum absolute atomic E-state index is 0.101. The van der Waals surface area contributed by atoms with E-state index in [-0.39, 0.29) is 23.4 Å². The molecule has 0 fully saturated rings. The lowest BCUT2D eigenvalue weighted by molar-refractivity contribution is -0.384. The molecule has 2 atom stereocenters. The Morgan fingerprint density at radius 3 is 2.48 bits per heavy atom. The molecule has 0 radical (unpaired) electrons. The van der Waals surface area contributed by atoms with E-state index in [2.05, 4.69) is 5.32 Å². The predicted molar refractivity (Wildman–Crippen MR) is 96.9 cm³/mol. The van der Waals surface area contributed by atoms with Crippen molar-refractivity contribution in [3.8, 4) is 5.75 Å². The van der Waals surface area contributed by atoms with Crippen LogP contribution >= 0.6 is 0 Å². The topological polar surface area (TPSA) is 81.5 Å². The van der Waals surface area contributed by atoms with E-state index in [1.54, 1.807) is 0 Å². The van der Waals surface area contributed by atoms with Crippen molar-refractivity contribution in [1.29, 1.82) is 0 Å². The molecule has 0 saturated carbocycles. The number of nitro benzene ring substituents is 1. The number of non-ortho nitro benzene ring substituents is 1. The number of benzene rings is 2. The lowest BCUT2D eigenvalue weighted by Gasteiger charge is -2.23. The zero-order chi connectivity index (χ0) is 18.4. The average Bonchev–Trinajstić information content (AvgIpc) is 2.62. The Morgan fingerprint density at radius 2 is 1.92 bits per heavy atom. The van der Waals surface area contributed by atoms with Gasteiger partial charge < -0.3 is 10.1 Å². The van der Waals surface area contributed by atoms with Crippen molar-refractivity contribution in [3.05, 3.63) is 64.2 Å². The van der Waals surface area contributed by atoms with Crippen molar-refractivity contribution in [2.75, 3.05) is 12.4 Å². The van der Waals surface area contributed by atoms with E-state index in [0.717, 1.165) is 12.0 Å². The molecule has 2 aromatic carbocycles. The van der Waals surface area contributed by atoms with Crippen molar-refractivity contribution in [2.45, 2.75) is 26.2 Å². The van der Waals surface area contributed by atoms with Crippen LogP contribution in [0.2, 0.25) is 0 Å². The molecule has 0 heterocycles. The van der Waals surface area contributed by atoms with Gasteiger partial charge in [0.15, 0.2) is 0 Å². The summed E-state index contributed by atoms with van der Waals surface area (Å²) in [5.41, 5.74) is 1.11. The molecule has 2 rings (SSSR count). The van der Waals surface area contributed by atoms with Crippen LogP contribution in [-0.2, 0) is 4.79 Å². The maximum atomic E-state index is 12.9. The minimum Gasteiger partial charge on any atom is -0.495 e. The number of carbonyl (C=O) groups excluding carboxylic acids is 1. The molecule has 0 aromatic heterocycles. The maximum Gasteiger partial charge on any atom is 0.271 e. The Labute approximate surface area is 147 Å². The van der Waals surface area contributed by atoms with Gasteiger partial charge >= 0.3 is 0 Å². The summed E-state index contributed by atoms with van der Waals surface area (Å²) in [6, 6.07) is 13.7. The summed E-state index contributed by atoms with van der Waals surface area (Å²) in [6.07, 6.45) is 0.832. The monoisotopic (exact) mass is 342 g/mol. The van der Waals surface area contributed by atoms with Gasteiger partial charge in [0.25, 0.3) is 5.69 Å². The number of nitrogens with zero attached hydrogens (tertiary/aromatic N) is 1. The highest BCUT2D eigenvalue weighted by Crippen LogP contribution is 2.32. The molecule has 1 N–H and O–H groups in total. The highest BCUT2D eigenvalue weighted by Gasteiger charge is 2.27. The zero-order valence-corrected chi connectivity index (χ0v) is 14.6. The van der Waals surface area contributed by atoms with Gasteiger partial charge in [0.1, 0.15) is 5.75 Å². The third-order valence-corrected chi connectivity index (χ3v) is 4.31. The molecule has 132 valence electrons.